The molecule has 1 saturated heterocycles. The van der Waals surface area contributed by atoms with Gasteiger partial charge < -0.3 is 14.4 Å². The average Bonchev–Trinajstić information content (AvgIpc) is 2.79. The van der Waals surface area contributed by atoms with E-state index in [1.54, 1.807) is 0 Å². The highest BCUT2D eigenvalue weighted by Crippen LogP contribution is 2.17. The molecule has 1 amide bonds. The molecular formula is C13H20BrN3O. The number of aromatic nitrogens is 1. The lowest BCUT2D eigenvalue weighted by molar-refractivity contribution is 0.0633. The monoisotopic (exact) mass is 313 g/mol. The molecule has 0 aliphatic carbocycles. The number of likely N-dealkylation sites (N-methyl/N-ethyl adjacent to an activating group) is 1. The van der Waals surface area contributed by atoms with Gasteiger partial charge in [0.05, 0.1) is 0 Å². The number of rotatable bonds is 3. The molecular weight excluding hydrogens is 294 g/mol. The Morgan fingerprint density at radius 3 is 2.44 bits per heavy atom. The summed E-state index contributed by atoms with van der Waals surface area (Å²) < 4.78 is 2.97. The van der Waals surface area contributed by atoms with Gasteiger partial charge in [0.2, 0.25) is 0 Å². The molecule has 0 spiro atoms. The topological polar surface area (TPSA) is 28.5 Å². The van der Waals surface area contributed by atoms with Gasteiger partial charge in [-0.2, -0.15) is 0 Å². The number of hydrogen-bond donors (Lipinski definition) is 0. The number of carbonyl (C=O) groups is 1. The van der Waals surface area contributed by atoms with Crippen LogP contribution in [0.5, 0.6) is 0 Å². The van der Waals surface area contributed by atoms with Gasteiger partial charge in [-0.15, -0.1) is 0 Å². The Labute approximate surface area is 117 Å². The molecule has 0 aromatic carbocycles. The van der Waals surface area contributed by atoms with Crippen LogP contribution in [-0.4, -0.2) is 53.0 Å². The third kappa shape index (κ3) is 2.78. The van der Waals surface area contributed by atoms with Crippen molar-refractivity contribution in [2.75, 3.05) is 32.7 Å². The normalized spacial score (nSPS) is 17.2. The molecule has 1 aromatic heterocycles. The van der Waals surface area contributed by atoms with Crippen LogP contribution in [0.25, 0.3) is 0 Å². The van der Waals surface area contributed by atoms with Crippen LogP contribution in [0.4, 0.5) is 0 Å². The van der Waals surface area contributed by atoms with E-state index in [1.165, 1.54) is 0 Å². The van der Waals surface area contributed by atoms with E-state index in [1.807, 2.05) is 21.7 Å². The Balaban J connectivity index is 2.07. The predicted molar refractivity (Wildman–Crippen MR) is 75.8 cm³/mol. The minimum absolute atomic E-state index is 0.151. The molecule has 0 radical (unpaired) electrons. The molecule has 0 saturated carbocycles. The Morgan fingerprint density at radius 2 is 1.89 bits per heavy atom. The zero-order valence-corrected chi connectivity index (χ0v) is 12.6. The van der Waals surface area contributed by atoms with E-state index in [0.717, 1.165) is 49.4 Å². The molecule has 1 aliphatic rings. The summed E-state index contributed by atoms with van der Waals surface area (Å²) in [6, 6.07) is 1.91. The molecule has 0 N–H and O–H groups in total. The van der Waals surface area contributed by atoms with Gasteiger partial charge in [-0.05, 0) is 35.5 Å². The third-order valence-corrected chi connectivity index (χ3v) is 3.96. The molecule has 1 aliphatic heterocycles. The van der Waals surface area contributed by atoms with Crippen molar-refractivity contribution in [1.29, 1.82) is 0 Å². The SMILES string of the molecule is CCN1CCN(C(=O)c2cc(Br)cn2CC)CC1. The Morgan fingerprint density at radius 1 is 1.22 bits per heavy atom. The maximum absolute atomic E-state index is 12.5. The van der Waals surface area contributed by atoms with E-state index < -0.39 is 0 Å². The Bertz CT molecular complexity index is 422. The summed E-state index contributed by atoms with van der Waals surface area (Å²) in [7, 11) is 0. The van der Waals surface area contributed by atoms with Crippen molar-refractivity contribution in [1.82, 2.24) is 14.4 Å². The quantitative estimate of drug-likeness (QED) is 0.854. The number of nitrogens with zero attached hydrogens (tertiary/aromatic N) is 3. The van der Waals surface area contributed by atoms with Crippen LogP contribution in [0.2, 0.25) is 0 Å². The van der Waals surface area contributed by atoms with Crippen LogP contribution >= 0.6 is 15.9 Å². The van der Waals surface area contributed by atoms with Crippen LogP contribution in [0, 0.1) is 0 Å². The Kier molecular flexibility index (Phi) is 4.45. The lowest BCUT2D eigenvalue weighted by Crippen LogP contribution is -2.48. The summed E-state index contributed by atoms with van der Waals surface area (Å²) in [5, 5.41) is 0. The summed E-state index contributed by atoms with van der Waals surface area (Å²) in [5.41, 5.74) is 0.786. The van der Waals surface area contributed by atoms with Crippen molar-refractivity contribution in [3.8, 4) is 0 Å². The van der Waals surface area contributed by atoms with Gasteiger partial charge in [-0.25, -0.2) is 0 Å². The molecule has 0 unspecified atom stereocenters. The zero-order chi connectivity index (χ0) is 13.1. The summed E-state index contributed by atoms with van der Waals surface area (Å²) in [4.78, 5) is 16.8. The highest BCUT2D eigenvalue weighted by molar-refractivity contribution is 9.10. The van der Waals surface area contributed by atoms with E-state index in [-0.39, 0.29) is 5.91 Å². The minimum Gasteiger partial charge on any atom is -0.343 e. The molecule has 1 aromatic rings. The minimum atomic E-state index is 0.151. The number of amides is 1. The second-order valence-corrected chi connectivity index (χ2v) is 5.47. The summed E-state index contributed by atoms with van der Waals surface area (Å²) in [5.74, 6) is 0.151. The Hall–Kier alpha value is -0.810. The largest absolute Gasteiger partial charge is 0.343 e. The molecule has 0 bridgehead atoms. The molecule has 2 heterocycles. The van der Waals surface area contributed by atoms with Crippen LogP contribution < -0.4 is 0 Å². The molecule has 5 heteroatoms. The van der Waals surface area contributed by atoms with Gasteiger partial charge in [0.25, 0.3) is 5.91 Å². The van der Waals surface area contributed by atoms with Gasteiger partial charge >= 0.3 is 0 Å². The third-order valence-electron chi connectivity index (χ3n) is 3.53. The highest BCUT2D eigenvalue weighted by Gasteiger charge is 2.23. The van der Waals surface area contributed by atoms with Gasteiger partial charge in [-0.3, -0.25) is 4.79 Å². The number of carbonyl (C=O) groups excluding carboxylic acids is 1. The number of hydrogen-bond acceptors (Lipinski definition) is 2. The fourth-order valence-corrected chi connectivity index (χ4v) is 2.81. The van der Waals surface area contributed by atoms with Gasteiger partial charge in [0.15, 0.2) is 0 Å². The lowest BCUT2D eigenvalue weighted by Gasteiger charge is -2.34. The first-order valence-corrected chi connectivity index (χ1v) is 7.32. The summed E-state index contributed by atoms with van der Waals surface area (Å²) >= 11 is 3.44. The molecule has 2 rings (SSSR count). The maximum Gasteiger partial charge on any atom is 0.270 e. The standard InChI is InChI=1S/C13H20BrN3O/c1-3-15-5-7-17(8-6-15)13(18)12-9-11(14)10-16(12)4-2/h9-10H,3-8H2,1-2H3. The molecule has 100 valence electrons. The summed E-state index contributed by atoms with van der Waals surface area (Å²) in [6.45, 7) is 9.74. The highest BCUT2D eigenvalue weighted by atomic mass is 79.9. The molecule has 18 heavy (non-hydrogen) atoms. The molecule has 1 fully saturated rings. The fraction of sp³-hybridized carbons (Fsp3) is 0.615. The van der Waals surface area contributed by atoms with Gasteiger partial charge in [-0.1, -0.05) is 6.92 Å². The van der Waals surface area contributed by atoms with Crippen LogP contribution in [0.1, 0.15) is 24.3 Å². The van der Waals surface area contributed by atoms with Crippen LogP contribution in [-0.2, 0) is 6.54 Å². The average molecular weight is 314 g/mol. The van der Waals surface area contributed by atoms with E-state index in [9.17, 15) is 4.79 Å². The van der Waals surface area contributed by atoms with Crippen molar-refractivity contribution < 1.29 is 4.79 Å². The van der Waals surface area contributed by atoms with E-state index >= 15 is 0 Å². The fourth-order valence-electron chi connectivity index (χ4n) is 2.34. The maximum atomic E-state index is 12.5. The van der Waals surface area contributed by atoms with Crippen molar-refractivity contribution in [3.05, 3.63) is 22.4 Å². The van der Waals surface area contributed by atoms with Gasteiger partial charge in [0.1, 0.15) is 5.69 Å². The van der Waals surface area contributed by atoms with Crippen LogP contribution in [0.15, 0.2) is 16.7 Å². The second kappa shape index (κ2) is 5.89. The number of aryl methyl sites for hydroxylation is 1. The first-order chi connectivity index (χ1) is 8.65. The lowest BCUT2D eigenvalue weighted by atomic mass is 10.2. The first kappa shape index (κ1) is 13.6. The number of piperazine rings is 1. The van der Waals surface area contributed by atoms with E-state index in [4.69, 9.17) is 0 Å². The van der Waals surface area contributed by atoms with Crippen molar-refractivity contribution >= 4 is 21.8 Å². The van der Waals surface area contributed by atoms with Crippen molar-refractivity contribution in [2.45, 2.75) is 20.4 Å². The van der Waals surface area contributed by atoms with E-state index in [0.29, 0.717) is 0 Å². The zero-order valence-electron chi connectivity index (χ0n) is 11.0. The number of halogens is 1. The van der Waals surface area contributed by atoms with Crippen molar-refractivity contribution in [2.24, 2.45) is 0 Å². The van der Waals surface area contributed by atoms with Crippen molar-refractivity contribution in [3.63, 3.8) is 0 Å². The molecule has 4 nitrogen and oxygen atoms in total. The van der Waals surface area contributed by atoms with E-state index in [2.05, 4.69) is 34.7 Å². The first-order valence-electron chi connectivity index (χ1n) is 6.53. The van der Waals surface area contributed by atoms with Crippen LogP contribution in [0.3, 0.4) is 0 Å². The smallest absolute Gasteiger partial charge is 0.270 e. The molecule has 0 atom stereocenters. The predicted octanol–water partition coefficient (Wildman–Crippen LogP) is 2.05. The summed E-state index contributed by atoms with van der Waals surface area (Å²) in [6.07, 6.45) is 1.97. The van der Waals surface area contributed by atoms with Gasteiger partial charge in [0, 0.05) is 43.4 Å². The second-order valence-electron chi connectivity index (χ2n) is 4.56.